The lowest BCUT2D eigenvalue weighted by Crippen LogP contribution is -2.70. The molecule has 2 amide bonds. The number of benzene rings is 1. The van der Waals surface area contributed by atoms with Crippen molar-refractivity contribution >= 4 is 29.5 Å². The van der Waals surface area contributed by atoms with Crippen molar-refractivity contribution in [1.29, 1.82) is 0 Å². The Kier molecular flexibility index (Phi) is 2.84. The summed E-state index contributed by atoms with van der Waals surface area (Å²) in [4.78, 5) is 37.3. The number of carbonyl (C=O) groups excluding carboxylic acids is 2. The zero-order valence-electron chi connectivity index (χ0n) is 17.9. The summed E-state index contributed by atoms with van der Waals surface area (Å²) in [7, 11) is 0. The quantitative estimate of drug-likeness (QED) is 0.755. The molecular formula is C16H18N2O5S. The van der Waals surface area contributed by atoms with Crippen LogP contribution in [0.1, 0.15) is 20.7 Å². The predicted molar refractivity (Wildman–Crippen MR) is 87.6 cm³/mol. The maximum Gasteiger partial charge on any atom is 0.327 e. The van der Waals surface area contributed by atoms with E-state index in [2.05, 4.69) is 5.32 Å². The average molecular weight is 355 g/mol. The van der Waals surface area contributed by atoms with Crippen LogP contribution in [0.4, 0.5) is 0 Å². The van der Waals surface area contributed by atoms with Crippen molar-refractivity contribution in [2.24, 2.45) is 0 Å². The third-order valence-electron chi connectivity index (χ3n) is 3.82. The molecule has 24 heavy (non-hydrogen) atoms. The van der Waals surface area contributed by atoms with Gasteiger partial charge in [0.05, 0.1) is 6.85 Å². The van der Waals surface area contributed by atoms with Crippen LogP contribution >= 0.6 is 11.8 Å². The lowest BCUT2D eigenvalue weighted by atomic mass is 9.96. The van der Waals surface area contributed by atoms with Gasteiger partial charge in [-0.15, -0.1) is 11.8 Å². The third kappa shape index (κ3) is 2.82. The van der Waals surface area contributed by atoms with Gasteiger partial charge in [-0.05, 0) is 25.9 Å². The molecule has 0 unspecified atom stereocenters. The molecule has 0 saturated carbocycles. The van der Waals surface area contributed by atoms with Gasteiger partial charge in [-0.25, -0.2) is 4.79 Å². The summed E-state index contributed by atoms with van der Waals surface area (Å²) in [5, 5.41) is 11.3. The number of carboxylic acids is 1. The monoisotopic (exact) mass is 355 g/mol. The van der Waals surface area contributed by atoms with Crippen molar-refractivity contribution in [3.8, 4) is 5.75 Å². The Morgan fingerprint density at radius 3 is 2.71 bits per heavy atom. The van der Waals surface area contributed by atoms with Gasteiger partial charge >= 0.3 is 5.97 Å². The van der Waals surface area contributed by atoms with Crippen molar-refractivity contribution in [2.45, 2.75) is 36.1 Å². The molecule has 8 heteroatoms. The summed E-state index contributed by atoms with van der Waals surface area (Å²) < 4.78 is 42.6. The molecular weight excluding hydrogens is 332 g/mol. The summed E-state index contributed by atoms with van der Waals surface area (Å²) >= 11 is 1.27. The van der Waals surface area contributed by atoms with Gasteiger partial charge in [0.15, 0.2) is 6.61 Å². The van der Waals surface area contributed by atoms with E-state index in [1.807, 2.05) is 0 Å². The predicted octanol–water partition coefficient (Wildman–Crippen LogP) is 0.697. The second-order valence-electron chi connectivity index (χ2n) is 5.89. The van der Waals surface area contributed by atoms with Crippen LogP contribution in [0.3, 0.4) is 0 Å². The number of hydrogen-bond acceptors (Lipinski definition) is 5. The Morgan fingerprint density at radius 1 is 1.42 bits per heavy atom. The second kappa shape index (κ2) is 6.01. The molecule has 0 aliphatic carbocycles. The summed E-state index contributed by atoms with van der Waals surface area (Å²) in [6.45, 7) is 2.76. The van der Waals surface area contributed by atoms with Crippen LogP contribution in [-0.4, -0.2) is 56.6 Å². The first kappa shape index (κ1) is 11.4. The molecule has 2 heterocycles. The summed E-state index contributed by atoms with van der Waals surface area (Å²) in [6, 6.07) is -4.82. The Morgan fingerprint density at radius 2 is 2.08 bits per heavy atom. The maximum absolute atomic E-state index is 12.4. The Hall–Kier alpha value is -2.22. The Bertz CT molecular complexity index is 898. The van der Waals surface area contributed by atoms with E-state index in [1.165, 1.54) is 16.7 Å². The lowest BCUT2D eigenvalue weighted by Gasteiger charge is -2.43. The molecule has 0 radical (unpaired) electrons. The zero-order valence-corrected chi connectivity index (χ0v) is 13.7. The molecule has 1 aromatic rings. The molecule has 2 fully saturated rings. The van der Waals surface area contributed by atoms with Crippen LogP contribution in [0, 0.1) is 0 Å². The maximum atomic E-state index is 12.4. The molecule has 0 spiro atoms. The zero-order chi connectivity index (χ0) is 21.8. The smallest absolute Gasteiger partial charge is 0.327 e. The second-order valence-corrected chi connectivity index (χ2v) is 7.66. The van der Waals surface area contributed by atoms with E-state index >= 15 is 0 Å². The van der Waals surface area contributed by atoms with E-state index in [9.17, 15) is 19.5 Å². The molecule has 7 nitrogen and oxygen atoms in total. The van der Waals surface area contributed by atoms with Crippen molar-refractivity contribution in [3.05, 3.63) is 30.2 Å². The molecule has 0 bridgehead atoms. The minimum atomic E-state index is -1.12. The fourth-order valence-electron chi connectivity index (χ4n) is 2.81. The first-order valence-corrected chi connectivity index (χ1v) is 7.98. The van der Waals surface area contributed by atoms with Crippen molar-refractivity contribution in [2.75, 3.05) is 6.61 Å². The van der Waals surface area contributed by atoms with Gasteiger partial charge in [0.2, 0.25) is 5.91 Å². The number of nitrogens with one attached hydrogen (secondary N) is 1. The van der Waals surface area contributed by atoms with Gasteiger partial charge in [0.1, 0.15) is 23.2 Å². The molecule has 128 valence electrons. The fraction of sp³-hybridized carbons (Fsp3) is 0.438. The molecule has 2 saturated heterocycles. The number of rotatable bonds is 5. The highest BCUT2D eigenvalue weighted by Crippen LogP contribution is 2.50. The van der Waals surface area contributed by atoms with Gasteiger partial charge < -0.3 is 20.1 Å². The Labute approximate surface area is 150 Å². The average Bonchev–Trinajstić information content (AvgIpc) is 2.91. The first-order chi connectivity index (χ1) is 13.4. The number of thioether (sulfide) groups is 1. The van der Waals surface area contributed by atoms with Crippen molar-refractivity contribution in [1.82, 2.24) is 10.2 Å². The number of amides is 2. The van der Waals surface area contributed by atoms with Gasteiger partial charge in [0, 0.05) is 4.75 Å². The summed E-state index contributed by atoms with van der Waals surface area (Å²) in [5.74, 6) is -2.83. The SMILES string of the molecule is [2H]c1c([2H])c([2H])c(OCC(=O)N[C@@H]2C(=O)N3[C@H]2SC(C)(C)[C@H]3C(=O)O)c([2H])c1[2H]. The normalized spacial score (nSPS) is 30.1. The van der Waals surface area contributed by atoms with Crippen molar-refractivity contribution < 1.29 is 31.1 Å². The summed E-state index contributed by atoms with van der Waals surface area (Å²) in [5.41, 5.74) is 0. The Balaban J connectivity index is 1.67. The number of nitrogens with zero attached hydrogens (tertiary/aromatic N) is 1. The number of β-lactam (4-membered cyclic amide) rings is 1. The highest BCUT2D eigenvalue weighted by atomic mass is 32.2. The van der Waals surface area contributed by atoms with E-state index in [0.29, 0.717) is 0 Å². The van der Waals surface area contributed by atoms with Crippen LogP contribution in [0.5, 0.6) is 5.75 Å². The number of ether oxygens (including phenoxy) is 1. The number of carboxylic acid groups (broad SMARTS) is 1. The molecule has 2 N–H and O–H groups in total. The van der Waals surface area contributed by atoms with E-state index < -0.39 is 82.6 Å². The van der Waals surface area contributed by atoms with Gasteiger partial charge in [-0.3, -0.25) is 9.59 Å². The highest BCUT2D eigenvalue weighted by Gasteiger charge is 2.64. The van der Waals surface area contributed by atoms with Crippen LogP contribution in [0.15, 0.2) is 30.2 Å². The topological polar surface area (TPSA) is 95.9 Å². The van der Waals surface area contributed by atoms with E-state index in [0.717, 1.165) is 0 Å². The molecule has 1 aromatic carbocycles. The fourth-order valence-corrected chi connectivity index (χ4v) is 4.43. The minimum absolute atomic E-state index is 0.463. The van der Waals surface area contributed by atoms with Gasteiger partial charge in [-0.2, -0.15) is 0 Å². The largest absolute Gasteiger partial charge is 0.484 e. The van der Waals surface area contributed by atoms with Gasteiger partial charge in [0.25, 0.3) is 5.91 Å². The third-order valence-corrected chi connectivity index (χ3v) is 5.39. The van der Waals surface area contributed by atoms with Crippen LogP contribution in [-0.2, 0) is 14.4 Å². The number of hydrogen-bond donors (Lipinski definition) is 2. The number of carbonyl (C=O) groups is 3. The summed E-state index contributed by atoms with van der Waals surface area (Å²) in [6.07, 6.45) is 0. The van der Waals surface area contributed by atoms with E-state index in [4.69, 9.17) is 11.6 Å². The molecule has 2 aliphatic rings. The number of fused-ring (bicyclic) bond motifs is 1. The molecule has 3 atom stereocenters. The van der Waals surface area contributed by atoms with Gasteiger partial charge in [-0.1, -0.05) is 18.1 Å². The van der Waals surface area contributed by atoms with Crippen LogP contribution in [0.25, 0.3) is 0 Å². The highest BCUT2D eigenvalue weighted by molar-refractivity contribution is 8.01. The lowest BCUT2D eigenvalue weighted by molar-refractivity contribution is -0.161. The molecule has 0 aromatic heterocycles. The molecule has 3 rings (SSSR count). The minimum Gasteiger partial charge on any atom is -0.484 e. The van der Waals surface area contributed by atoms with E-state index in [-0.39, 0.29) is 0 Å². The van der Waals surface area contributed by atoms with Crippen LogP contribution < -0.4 is 10.1 Å². The first-order valence-electron chi connectivity index (χ1n) is 9.60. The standard InChI is InChI=1S/C16H18N2O5S/c1-16(2)12(15(21)22)18-13(20)11(14(18)24-16)17-10(19)8-23-9-6-4-3-5-7-9/h3-7,11-12,14H,8H2,1-2H3,(H,17,19)(H,21,22)/t11-,12-,14+/m1/s1/i3D,4D,5D,6D,7D. The van der Waals surface area contributed by atoms with E-state index in [1.54, 1.807) is 13.8 Å². The van der Waals surface area contributed by atoms with Crippen LogP contribution in [0.2, 0.25) is 0 Å². The number of aliphatic carboxylic acids is 1. The van der Waals surface area contributed by atoms with Crippen molar-refractivity contribution in [3.63, 3.8) is 0 Å². The number of para-hydroxylation sites is 1. The molecule has 2 aliphatic heterocycles.